The summed E-state index contributed by atoms with van der Waals surface area (Å²) in [6.45, 7) is 0. The summed E-state index contributed by atoms with van der Waals surface area (Å²) in [6.07, 6.45) is 4.31. The fourth-order valence-electron chi connectivity index (χ4n) is 3.13. The zero-order valence-electron chi connectivity index (χ0n) is 12.7. The van der Waals surface area contributed by atoms with Crippen LogP contribution in [0.2, 0.25) is 0 Å². The highest BCUT2D eigenvalue weighted by Crippen LogP contribution is 2.40. The Morgan fingerprint density at radius 1 is 0.864 bits per heavy atom. The van der Waals surface area contributed by atoms with Crippen LogP contribution in [-0.4, -0.2) is 12.1 Å². The van der Waals surface area contributed by atoms with E-state index in [1.165, 1.54) is 6.42 Å². The van der Waals surface area contributed by atoms with Gasteiger partial charge in [0.05, 0.1) is 0 Å². The van der Waals surface area contributed by atoms with Crippen molar-refractivity contribution >= 4 is 17.9 Å². The van der Waals surface area contributed by atoms with E-state index in [-0.39, 0.29) is 12.1 Å². The fourth-order valence-corrected chi connectivity index (χ4v) is 5.70. The molecule has 2 unspecified atom stereocenters. The van der Waals surface area contributed by atoms with Crippen LogP contribution in [0.25, 0.3) is 0 Å². The van der Waals surface area contributed by atoms with Gasteiger partial charge >= 0.3 is 0 Å². The topological polar surface area (TPSA) is 55.1 Å². The summed E-state index contributed by atoms with van der Waals surface area (Å²) in [5, 5.41) is 5.14. The largest absolute Gasteiger partial charge is 0.326 e. The molecule has 116 valence electrons. The van der Waals surface area contributed by atoms with Crippen molar-refractivity contribution in [2.45, 2.75) is 37.8 Å². The summed E-state index contributed by atoms with van der Waals surface area (Å²) in [7, 11) is -2.86. The summed E-state index contributed by atoms with van der Waals surface area (Å²) in [5.41, 5.74) is 6.26. The SMILES string of the molecule is NC1CCCCC1NP(=O)(c1ccccc1)c1ccccc1. The molecule has 0 spiro atoms. The molecule has 2 atom stereocenters. The molecule has 0 aromatic heterocycles. The Bertz CT molecular complexity index is 601. The van der Waals surface area contributed by atoms with Crippen LogP contribution in [0, 0.1) is 0 Å². The highest BCUT2D eigenvalue weighted by Gasteiger charge is 2.33. The van der Waals surface area contributed by atoms with Gasteiger partial charge in [-0.25, -0.2) is 0 Å². The van der Waals surface area contributed by atoms with Crippen LogP contribution < -0.4 is 21.4 Å². The molecule has 4 heteroatoms. The van der Waals surface area contributed by atoms with Crippen LogP contribution in [0.4, 0.5) is 0 Å². The van der Waals surface area contributed by atoms with Crippen molar-refractivity contribution in [2.75, 3.05) is 0 Å². The van der Waals surface area contributed by atoms with E-state index in [9.17, 15) is 4.57 Å². The highest BCUT2D eigenvalue weighted by atomic mass is 31.2. The lowest BCUT2D eigenvalue weighted by Gasteiger charge is -2.33. The maximum Gasteiger partial charge on any atom is 0.204 e. The fraction of sp³-hybridized carbons (Fsp3) is 0.333. The van der Waals surface area contributed by atoms with Crippen LogP contribution in [0.1, 0.15) is 25.7 Å². The van der Waals surface area contributed by atoms with Crippen molar-refractivity contribution < 1.29 is 4.57 Å². The van der Waals surface area contributed by atoms with Gasteiger partial charge in [-0.2, -0.15) is 0 Å². The van der Waals surface area contributed by atoms with Gasteiger partial charge in [0.2, 0.25) is 7.29 Å². The Hall–Kier alpha value is -1.41. The second-order valence-electron chi connectivity index (χ2n) is 5.96. The first-order chi connectivity index (χ1) is 10.7. The van der Waals surface area contributed by atoms with E-state index in [1.807, 2.05) is 60.7 Å². The van der Waals surface area contributed by atoms with Gasteiger partial charge in [-0.15, -0.1) is 0 Å². The molecule has 1 aliphatic rings. The lowest BCUT2D eigenvalue weighted by Crippen LogP contribution is -2.48. The minimum atomic E-state index is -2.86. The summed E-state index contributed by atoms with van der Waals surface area (Å²) >= 11 is 0. The van der Waals surface area contributed by atoms with Gasteiger partial charge in [-0.3, -0.25) is 9.65 Å². The molecule has 3 rings (SSSR count). The molecule has 3 nitrogen and oxygen atoms in total. The van der Waals surface area contributed by atoms with Crippen LogP contribution in [0.5, 0.6) is 0 Å². The molecule has 2 aromatic rings. The number of benzene rings is 2. The summed E-state index contributed by atoms with van der Waals surface area (Å²) in [4.78, 5) is 0. The molecular weight excluding hydrogens is 291 g/mol. The number of nitrogens with one attached hydrogen (secondary N) is 1. The predicted octanol–water partition coefficient (Wildman–Crippen LogP) is 2.78. The molecule has 1 fully saturated rings. The standard InChI is InChI=1S/C18H23N2OP/c19-17-13-7-8-14-18(17)20-22(21,15-9-3-1-4-10-15)16-11-5-2-6-12-16/h1-6,9-12,17-18H,7-8,13-14,19H2,(H,20,21). The van der Waals surface area contributed by atoms with E-state index in [4.69, 9.17) is 5.73 Å². The van der Waals surface area contributed by atoms with Gasteiger partial charge in [0.15, 0.2) is 0 Å². The van der Waals surface area contributed by atoms with Gasteiger partial charge in [0.25, 0.3) is 0 Å². The minimum absolute atomic E-state index is 0.0782. The Balaban J connectivity index is 1.98. The molecule has 1 saturated carbocycles. The summed E-state index contributed by atoms with van der Waals surface area (Å²) in [6, 6.07) is 19.6. The zero-order valence-corrected chi connectivity index (χ0v) is 13.6. The van der Waals surface area contributed by atoms with E-state index in [2.05, 4.69) is 5.09 Å². The monoisotopic (exact) mass is 314 g/mol. The molecule has 22 heavy (non-hydrogen) atoms. The predicted molar refractivity (Wildman–Crippen MR) is 93.1 cm³/mol. The normalized spacial score (nSPS) is 22.4. The van der Waals surface area contributed by atoms with Crippen molar-refractivity contribution in [2.24, 2.45) is 5.73 Å². The number of hydrogen-bond donors (Lipinski definition) is 2. The molecule has 0 saturated heterocycles. The van der Waals surface area contributed by atoms with Gasteiger partial charge in [0, 0.05) is 22.7 Å². The van der Waals surface area contributed by atoms with Gasteiger partial charge < -0.3 is 5.73 Å². The summed E-state index contributed by atoms with van der Waals surface area (Å²) < 4.78 is 13.9. The third-order valence-corrected chi connectivity index (χ3v) is 7.15. The molecule has 0 bridgehead atoms. The first-order valence-electron chi connectivity index (χ1n) is 7.95. The minimum Gasteiger partial charge on any atom is -0.326 e. The van der Waals surface area contributed by atoms with Crippen molar-refractivity contribution in [3.63, 3.8) is 0 Å². The average molecular weight is 314 g/mol. The molecule has 0 heterocycles. The molecule has 0 amide bonds. The Kier molecular flexibility index (Phi) is 4.77. The van der Waals surface area contributed by atoms with Crippen LogP contribution in [-0.2, 0) is 4.57 Å². The third-order valence-electron chi connectivity index (χ3n) is 4.41. The smallest absolute Gasteiger partial charge is 0.204 e. The lowest BCUT2D eigenvalue weighted by molar-refractivity contribution is 0.362. The van der Waals surface area contributed by atoms with Crippen LogP contribution >= 0.6 is 7.29 Å². The molecular formula is C18H23N2OP. The Morgan fingerprint density at radius 2 is 1.36 bits per heavy atom. The maximum atomic E-state index is 13.9. The first kappa shape index (κ1) is 15.5. The van der Waals surface area contributed by atoms with Crippen molar-refractivity contribution in [1.82, 2.24) is 5.09 Å². The van der Waals surface area contributed by atoms with Crippen LogP contribution in [0.3, 0.4) is 0 Å². The van der Waals surface area contributed by atoms with Crippen molar-refractivity contribution in [3.05, 3.63) is 60.7 Å². The maximum absolute atomic E-state index is 13.9. The van der Waals surface area contributed by atoms with E-state index in [0.29, 0.717) is 0 Å². The van der Waals surface area contributed by atoms with E-state index in [1.54, 1.807) is 0 Å². The second kappa shape index (κ2) is 6.78. The first-order valence-corrected chi connectivity index (χ1v) is 9.65. The summed E-state index contributed by atoms with van der Waals surface area (Å²) in [5.74, 6) is 0. The number of rotatable bonds is 4. The third kappa shape index (κ3) is 3.17. The van der Waals surface area contributed by atoms with Gasteiger partial charge in [-0.05, 0) is 37.1 Å². The highest BCUT2D eigenvalue weighted by molar-refractivity contribution is 7.76. The Morgan fingerprint density at radius 3 is 1.86 bits per heavy atom. The van der Waals surface area contributed by atoms with Gasteiger partial charge in [0.1, 0.15) is 0 Å². The molecule has 3 N–H and O–H groups in total. The van der Waals surface area contributed by atoms with E-state index in [0.717, 1.165) is 29.9 Å². The lowest BCUT2D eigenvalue weighted by atomic mass is 9.92. The average Bonchev–Trinajstić information content (AvgIpc) is 2.58. The molecule has 0 aliphatic heterocycles. The number of hydrogen-bond acceptors (Lipinski definition) is 2. The second-order valence-corrected chi connectivity index (χ2v) is 8.47. The van der Waals surface area contributed by atoms with Crippen LogP contribution in [0.15, 0.2) is 60.7 Å². The van der Waals surface area contributed by atoms with Crippen molar-refractivity contribution in [3.8, 4) is 0 Å². The zero-order chi connectivity index (χ0) is 15.4. The quantitative estimate of drug-likeness (QED) is 0.853. The Labute approximate surface area is 132 Å². The van der Waals surface area contributed by atoms with Gasteiger partial charge in [-0.1, -0.05) is 49.2 Å². The molecule has 1 aliphatic carbocycles. The van der Waals surface area contributed by atoms with E-state index >= 15 is 0 Å². The van der Waals surface area contributed by atoms with E-state index < -0.39 is 7.29 Å². The molecule has 0 radical (unpaired) electrons. The van der Waals surface area contributed by atoms with Crippen molar-refractivity contribution in [1.29, 1.82) is 0 Å². The number of nitrogens with two attached hydrogens (primary N) is 1. The molecule has 2 aromatic carbocycles.